The second-order valence-electron chi connectivity index (χ2n) is 4.00. The predicted octanol–water partition coefficient (Wildman–Crippen LogP) is 3.66. The zero-order chi connectivity index (χ0) is 11.4. The van der Waals surface area contributed by atoms with Crippen LogP contribution in [0.5, 0.6) is 0 Å². The van der Waals surface area contributed by atoms with Crippen molar-refractivity contribution < 1.29 is 0 Å². The van der Waals surface area contributed by atoms with Gasteiger partial charge in [-0.05, 0) is 36.1 Å². The molecule has 1 unspecified atom stereocenters. The summed E-state index contributed by atoms with van der Waals surface area (Å²) in [6.45, 7) is 4.41. The number of aromatic nitrogens is 2. The van der Waals surface area contributed by atoms with E-state index in [-0.39, 0.29) is 0 Å². The van der Waals surface area contributed by atoms with Gasteiger partial charge in [0.15, 0.2) is 0 Å². The Morgan fingerprint density at radius 3 is 2.44 bits per heavy atom. The molecule has 2 rings (SSSR count). The van der Waals surface area contributed by atoms with Gasteiger partial charge in [-0.2, -0.15) is 0 Å². The van der Waals surface area contributed by atoms with Crippen molar-refractivity contribution in [2.75, 3.05) is 0 Å². The summed E-state index contributed by atoms with van der Waals surface area (Å²) >= 11 is 0. The molecule has 2 nitrogen and oxygen atoms in total. The van der Waals surface area contributed by atoms with Gasteiger partial charge in [0.2, 0.25) is 0 Å². The topological polar surface area (TPSA) is 25.8 Å². The lowest BCUT2D eigenvalue weighted by molar-refractivity contribution is 0.730. The number of nitrogens with zero attached hydrogens (tertiary/aromatic N) is 2. The molecule has 82 valence electrons. The molecule has 0 saturated carbocycles. The van der Waals surface area contributed by atoms with Crippen molar-refractivity contribution in [2.45, 2.75) is 26.2 Å². The maximum atomic E-state index is 4.46. The zero-order valence-corrected chi connectivity index (χ0v) is 9.72. The van der Waals surface area contributed by atoms with Crippen LogP contribution in [-0.2, 0) is 0 Å². The van der Waals surface area contributed by atoms with Crippen molar-refractivity contribution in [3.8, 4) is 11.4 Å². The Morgan fingerprint density at radius 1 is 1.06 bits per heavy atom. The molecule has 2 heterocycles. The van der Waals surface area contributed by atoms with E-state index in [1.807, 2.05) is 30.5 Å². The first-order valence-electron chi connectivity index (χ1n) is 5.68. The van der Waals surface area contributed by atoms with E-state index in [2.05, 4.69) is 29.9 Å². The van der Waals surface area contributed by atoms with Crippen LogP contribution < -0.4 is 0 Å². The van der Waals surface area contributed by atoms with Gasteiger partial charge in [0.25, 0.3) is 0 Å². The molecule has 2 aromatic heterocycles. The summed E-state index contributed by atoms with van der Waals surface area (Å²) in [7, 11) is 0. The maximum absolute atomic E-state index is 4.46. The Labute approximate surface area is 96.4 Å². The minimum Gasteiger partial charge on any atom is -0.255 e. The molecule has 0 aliphatic heterocycles. The summed E-state index contributed by atoms with van der Waals surface area (Å²) in [5.41, 5.74) is 3.16. The van der Waals surface area contributed by atoms with Crippen LogP contribution in [0.1, 0.15) is 31.7 Å². The number of hydrogen-bond acceptors (Lipinski definition) is 2. The van der Waals surface area contributed by atoms with Gasteiger partial charge < -0.3 is 0 Å². The fourth-order valence-electron chi connectivity index (χ4n) is 1.60. The molecule has 0 aromatic carbocycles. The normalized spacial score (nSPS) is 12.4. The molecule has 2 heteroatoms. The molecule has 2 aromatic rings. The van der Waals surface area contributed by atoms with E-state index in [0.717, 1.165) is 17.8 Å². The Kier molecular flexibility index (Phi) is 3.30. The van der Waals surface area contributed by atoms with Gasteiger partial charge in [0, 0.05) is 12.4 Å². The molecule has 1 atom stereocenters. The van der Waals surface area contributed by atoms with Crippen LogP contribution in [-0.4, -0.2) is 9.97 Å². The fraction of sp³-hybridized carbons (Fsp3) is 0.286. The Bertz CT molecular complexity index is 434. The SMILES string of the molecule is CCC(C)c1ccc(-c2ccccn2)nc1. The average molecular weight is 212 g/mol. The minimum absolute atomic E-state index is 0.574. The molecule has 0 aliphatic carbocycles. The molecule has 0 amide bonds. The van der Waals surface area contributed by atoms with Gasteiger partial charge in [-0.3, -0.25) is 9.97 Å². The lowest BCUT2D eigenvalue weighted by Crippen LogP contribution is -1.93. The van der Waals surface area contributed by atoms with E-state index in [9.17, 15) is 0 Å². The van der Waals surface area contributed by atoms with Crippen molar-refractivity contribution in [1.29, 1.82) is 0 Å². The number of pyridine rings is 2. The van der Waals surface area contributed by atoms with Crippen LogP contribution in [0.4, 0.5) is 0 Å². The summed E-state index contributed by atoms with van der Waals surface area (Å²) in [5.74, 6) is 0.574. The largest absolute Gasteiger partial charge is 0.255 e. The van der Waals surface area contributed by atoms with E-state index in [1.54, 1.807) is 6.20 Å². The molecule has 0 N–H and O–H groups in total. The first kappa shape index (κ1) is 10.8. The van der Waals surface area contributed by atoms with Gasteiger partial charge in [-0.1, -0.05) is 26.0 Å². The van der Waals surface area contributed by atoms with Crippen LogP contribution in [0, 0.1) is 0 Å². The summed E-state index contributed by atoms with van der Waals surface area (Å²) in [6.07, 6.45) is 4.89. The predicted molar refractivity (Wildman–Crippen MR) is 66.2 cm³/mol. The Morgan fingerprint density at radius 2 is 1.88 bits per heavy atom. The standard InChI is InChI=1S/C14H16N2/c1-3-11(2)12-7-8-14(16-10-12)13-6-4-5-9-15-13/h4-11H,3H2,1-2H3. The first-order valence-corrected chi connectivity index (χ1v) is 5.68. The van der Waals surface area contributed by atoms with Crippen molar-refractivity contribution >= 4 is 0 Å². The van der Waals surface area contributed by atoms with E-state index in [4.69, 9.17) is 0 Å². The monoisotopic (exact) mass is 212 g/mol. The van der Waals surface area contributed by atoms with Crippen LogP contribution in [0.2, 0.25) is 0 Å². The van der Waals surface area contributed by atoms with Crippen molar-refractivity contribution in [3.63, 3.8) is 0 Å². The van der Waals surface area contributed by atoms with E-state index in [1.165, 1.54) is 5.56 Å². The van der Waals surface area contributed by atoms with Crippen molar-refractivity contribution in [2.24, 2.45) is 0 Å². The molecule has 0 fully saturated rings. The summed E-state index contributed by atoms with van der Waals surface area (Å²) < 4.78 is 0. The van der Waals surface area contributed by atoms with Crippen LogP contribution in [0.3, 0.4) is 0 Å². The quantitative estimate of drug-likeness (QED) is 0.776. The Hall–Kier alpha value is -1.70. The van der Waals surface area contributed by atoms with Gasteiger partial charge >= 0.3 is 0 Å². The average Bonchev–Trinajstić information content (AvgIpc) is 2.39. The molecule has 0 aliphatic rings. The molecular weight excluding hydrogens is 196 g/mol. The lowest BCUT2D eigenvalue weighted by Gasteiger charge is -2.08. The van der Waals surface area contributed by atoms with Crippen LogP contribution in [0.25, 0.3) is 11.4 Å². The third kappa shape index (κ3) is 2.27. The third-order valence-corrected chi connectivity index (χ3v) is 2.90. The second kappa shape index (κ2) is 4.88. The summed E-state index contributed by atoms with van der Waals surface area (Å²) in [6, 6.07) is 10.1. The van der Waals surface area contributed by atoms with Crippen molar-refractivity contribution in [1.82, 2.24) is 9.97 Å². The van der Waals surface area contributed by atoms with Gasteiger partial charge in [0.1, 0.15) is 0 Å². The summed E-state index contributed by atoms with van der Waals surface area (Å²) in [4.78, 5) is 8.74. The van der Waals surface area contributed by atoms with Crippen LogP contribution in [0.15, 0.2) is 42.7 Å². The lowest BCUT2D eigenvalue weighted by atomic mass is 10.0. The third-order valence-electron chi connectivity index (χ3n) is 2.90. The highest BCUT2D eigenvalue weighted by atomic mass is 14.8. The fourth-order valence-corrected chi connectivity index (χ4v) is 1.60. The van der Waals surface area contributed by atoms with Crippen molar-refractivity contribution in [3.05, 3.63) is 48.3 Å². The van der Waals surface area contributed by atoms with Gasteiger partial charge in [0.05, 0.1) is 11.4 Å². The molecule has 0 radical (unpaired) electrons. The molecule has 16 heavy (non-hydrogen) atoms. The van der Waals surface area contributed by atoms with E-state index in [0.29, 0.717) is 5.92 Å². The van der Waals surface area contributed by atoms with Gasteiger partial charge in [-0.25, -0.2) is 0 Å². The zero-order valence-electron chi connectivity index (χ0n) is 9.72. The smallest absolute Gasteiger partial charge is 0.0886 e. The number of hydrogen-bond donors (Lipinski definition) is 0. The number of rotatable bonds is 3. The highest BCUT2D eigenvalue weighted by Gasteiger charge is 2.04. The first-order chi connectivity index (χ1) is 7.81. The maximum Gasteiger partial charge on any atom is 0.0886 e. The molecule has 0 spiro atoms. The minimum atomic E-state index is 0.574. The Balaban J connectivity index is 2.26. The second-order valence-corrected chi connectivity index (χ2v) is 4.00. The summed E-state index contributed by atoms with van der Waals surface area (Å²) in [5, 5.41) is 0. The molecule has 0 saturated heterocycles. The van der Waals surface area contributed by atoms with Gasteiger partial charge in [-0.15, -0.1) is 0 Å². The highest BCUT2D eigenvalue weighted by Crippen LogP contribution is 2.20. The van der Waals surface area contributed by atoms with E-state index >= 15 is 0 Å². The van der Waals surface area contributed by atoms with Crippen LogP contribution >= 0.6 is 0 Å². The molecule has 0 bridgehead atoms. The van der Waals surface area contributed by atoms with E-state index < -0.39 is 0 Å². The highest BCUT2D eigenvalue weighted by molar-refractivity contribution is 5.53. The molecular formula is C14H16N2.